The summed E-state index contributed by atoms with van der Waals surface area (Å²) in [6, 6.07) is 8.47. The first-order valence-corrected chi connectivity index (χ1v) is 11.7. The van der Waals surface area contributed by atoms with Crippen LogP contribution in [-0.2, 0) is 21.2 Å². The normalized spacial score (nSPS) is 20.8. The fraction of sp³-hybridized carbons (Fsp3) is 0.650. The molecule has 1 N–H and O–H groups in total. The standard InChI is InChI=1S/C20H31N3O3S.ClH/c1-2-17-7-9-18(10-8-17)19-16-21-11-14-23(19)20(24)6-5-15-27(25,26)22-12-3-4-13-22;/h7-10,19,21H,2-6,11-16H2,1H3;1H. The maximum Gasteiger partial charge on any atom is 0.223 e. The average molecular weight is 430 g/mol. The molecule has 0 aliphatic carbocycles. The van der Waals surface area contributed by atoms with Gasteiger partial charge in [-0.15, -0.1) is 12.4 Å². The molecule has 0 radical (unpaired) electrons. The van der Waals surface area contributed by atoms with Crippen LogP contribution in [0.2, 0.25) is 0 Å². The number of amides is 1. The Balaban J connectivity index is 0.00000280. The molecule has 2 aliphatic rings. The van der Waals surface area contributed by atoms with Gasteiger partial charge in [-0.2, -0.15) is 0 Å². The zero-order valence-corrected chi connectivity index (χ0v) is 18.2. The highest BCUT2D eigenvalue weighted by molar-refractivity contribution is 7.89. The lowest BCUT2D eigenvalue weighted by molar-refractivity contribution is -0.134. The maximum atomic E-state index is 12.8. The molecule has 1 aromatic rings. The van der Waals surface area contributed by atoms with E-state index in [9.17, 15) is 13.2 Å². The summed E-state index contributed by atoms with van der Waals surface area (Å²) >= 11 is 0. The van der Waals surface area contributed by atoms with Gasteiger partial charge in [0.05, 0.1) is 11.8 Å². The number of carbonyl (C=O) groups is 1. The van der Waals surface area contributed by atoms with Gasteiger partial charge in [0.1, 0.15) is 0 Å². The zero-order valence-electron chi connectivity index (χ0n) is 16.6. The molecule has 2 aliphatic heterocycles. The molecule has 0 saturated carbocycles. The summed E-state index contributed by atoms with van der Waals surface area (Å²) in [5.74, 6) is 0.124. The van der Waals surface area contributed by atoms with E-state index in [1.165, 1.54) is 5.56 Å². The van der Waals surface area contributed by atoms with E-state index < -0.39 is 10.0 Å². The van der Waals surface area contributed by atoms with Crippen molar-refractivity contribution in [2.24, 2.45) is 0 Å². The van der Waals surface area contributed by atoms with Crippen molar-refractivity contribution >= 4 is 28.3 Å². The number of piperazine rings is 1. The van der Waals surface area contributed by atoms with Crippen LogP contribution in [-0.4, -0.2) is 62.0 Å². The first-order chi connectivity index (χ1) is 13.0. The predicted octanol–water partition coefficient (Wildman–Crippen LogP) is 2.35. The van der Waals surface area contributed by atoms with Crippen LogP contribution < -0.4 is 5.32 Å². The van der Waals surface area contributed by atoms with Gasteiger partial charge in [0.2, 0.25) is 15.9 Å². The van der Waals surface area contributed by atoms with Gasteiger partial charge in [0.15, 0.2) is 0 Å². The topological polar surface area (TPSA) is 69.7 Å². The molecule has 1 atom stereocenters. The van der Waals surface area contributed by atoms with Crippen LogP contribution >= 0.6 is 12.4 Å². The van der Waals surface area contributed by atoms with Gasteiger partial charge in [0, 0.05) is 39.1 Å². The van der Waals surface area contributed by atoms with Crippen LogP contribution in [0.25, 0.3) is 0 Å². The number of halogens is 1. The Morgan fingerprint density at radius 1 is 1.14 bits per heavy atom. The van der Waals surface area contributed by atoms with Crippen molar-refractivity contribution in [3.63, 3.8) is 0 Å². The SMILES string of the molecule is CCc1ccc(C2CNCCN2C(=O)CCCS(=O)(=O)N2CCCC2)cc1.Cl. The zero-order chi connectivity index (χ0) is 19.3. The molecule has 1 unspecified atom stereocenters. The smallest absolute Gasteiger partial charge is 0.223 e. The second kappa shape index (κ2) is 10.6. The summed E-state index contributed by atoms with van der Waals surface area (Å²) in [6.45, 7) is 5.57. The van der Waals surface area contributed by atoms with Crippen molar-refractivity contribution in [3.05, 3.63) is 35.4 Å². The molecule has 158 valence electrons. The Morgan fingerprint density at radius 3 is 2.46 bits per heavy atom. The van der Waals surface area contributed by atoms with Crippen LogP contribution in [0.1, 0.15) is 49.8 Å². The highest BCUT2D eigenvalue weighted by Crippen LogP contribution is 2.24. The van der Waals surface area contributed by atoms with E-state index in [0.29, 0.717) is 26.1 Å². The Hall–Kier alpha value is -1.15. The summed E-state index contributed by atoms with van der Waals surface area (Å²) in [4.78, 5) is 14.7. The summed E-state index contributed by atoms with van der Waals surface area (Å²) in [5.41, 5.74) is 2.42. The van der Waals surface area contributed by atoms with E-state index in [-0.39, 0.29) is 36.5 Å². The molecule has 2 fully saturated rings. The minimum atomic E-state index is -3.21. The Bertz CT molecular complexity index is 734. The van der Waals surface area contributed by atoms with Gasteiger partial charge in [-0.05, 0) is 36.8 Å². The molecule has 3 rings (SSSR count). The number of aryl methyl sites for hydroxylation is 1. The van der Waals surface area contributed by atoms with Crippen molar-refractivity contribution in [3.8, 4) is 0 Å². The Kier molecular flexibility index (Phi) is 8.74. The van der Waals surface area contributed by atoms with Crippen LogP contribution in [0.4, 0.5) is 0 Å². The number of sulfonamides is 1. The van der Waals surface area contributed by atoms with Crippen LogP contribution in [0, 0.1) is 0 Å². The fourth-order valence-electron chi connectivity index (χ4n) is 3.92. The van der Waals surface area contributed by atoms with Crippen molar-refractivity contribution in [1.29, 1.82) is 0 Å². The average Bonchev–Trinajstić information content (AvgIpc) is 3.24. The molecule has 1 aromatic carbocycles. The predicted molar refractivity (Wildman–Crippen MR) is 114 cm³/mol. The van der Waals surface area contributed by atoms with E-state index in [1.54, 1.807) is 4.31 Å². The van der Waals surface area contributed by atoms with Gasteiger partial charge in [-0.3, -0.25) is 4.79 Å². The summed E-state index contributed by atoms with van der Waals surface area (Å²) in [6.07, 6.45) is 3.56. The van der Waals surface area contributed by atoms with E-state index in [2.05, 4.69) is 36.5 Å². The number of carbonyl (C=O) groups excluding carboxylic acids is 1. The summed E-state index contributed by atoms with van der Waals surface area (Å²) < 4.78 is 26.2. The Morgan fingerprint density at radius 2 is 1.82 bits per heavy atom. The lowest BCUT2D eigenvalue weighted by Crippen LogP contribution is -2.48. The van der Waals surface area contributed by atoms with E-state index in [0.717, 1.165) is 37.9 Å². The molecule has 2 heterocycles. The number of nitrogens with zero attached hydrogens (tertiary/aromatic N) is 2. The monoisotopic (exact) mass is 429 g/mol. The number of benzene rings is 1. The van der Waals surface area contributed by atoms with Crippen molar-refractivity contribution < 1.29 is 13.2 Å². The van der Waals surface area contributed by atoms with Gasteiger partial charge in [0.25, 0.3) is 0 Å². The van der Waals surface area contributed by atoms with E-state index >= 15 is 0 Å². The van der Waals surface area contributed by atoms with Gasteiger partial charge >= 0.3 is 0 Å². The maximum absolute atomic E-state index is 12.8. The molecule has 28 heavy (non-hydrogen) atoms. The quantitative estimate of drug-likeness (QED) is 0.722. The summed E-state index contributed by atoms with van der Waals surface area (Å²) in [7, 11) is -3.21. The lowest BCUT2D eigenvalue weighted by Gasteiger charge is -2.37. The third-order valence-electron chi connectivity index (χ3n) is 5.59. The van der Waals surface area contributed by atoms with E-state index in [1.807, 2.05) is 4.90 Å². The van der Waals surface area contributed by atoms with Crippen molar-refractivity contribution in [2.75, 3.05) is 38.5 Å². The summed E-state index contributed by atoms with van der Waals surface area (Å²) in [5, 5.41) is 3.37. The third-order valence-corrected chi connectivity index (χ3v) is 7.54. The molecule has 0 spiro atoms. The van der Waals surface area contributed by atoms with Gasteiger partial charge < -0.3 is 10.2 Å². The minimum absolute atomic E-state index is 0. The van der Waals surface area contributed by atoms with Crippen LogP contribution in [0.15, 0.2) is 24.3 Å². The molecule has 0 aromatic heterocycles. The lowest BCUT2D eigenvalue weighted by atomic mass is 10.0. The van der Waals surface area contributed by atoms with Crippen LogP contribution in [0.3, 0.4) is 0 Å². The molecule has 0 bridgehead atoms. The number of hydrogen-bond acceptors (Lipinski definition) is 4. The van der Waals surface area contributed by atoms with Crippen molar-refractivity contribution in [1.82, 2.24) is 14.5 Å². The Labute approximate surface area is 175 Å². The number of hydrogen-bond donors (Lipinski definition) is 1. The van der Waals surface area contributed by atoms with E-state index in [4.69, 9.17) is 0 Å². The molecule has 2 saturated heterocycles. The molecule has 6 nitrogen and oxygen atoms in total. The van der Waals surface area contributed by atoms with Crippen molar-refractivity contribution in [2.45, 2.75) is 45.1 Å². The van der Waals surface area contributed by atoms with Gasteiger partial charge in [-0.25, -0.2) is 12.7 Å². The number of rotatable bonds is 7. The van der Waals surface area contributed by atoms with Gasteiger partial charge in [-0.1, -0.05) is 31.2 Å². The highest BCUT2D eigenvalue weighted by Gasteiger charge is 2.29. The third kappa shape index (κ3) is 5.69. The fourth-order valence-corrected chi connectivity index (χ4v) is 5.50. The highest BCUT2D eigenvalue weighted by atomic mass is 35.5. The molecular formula is C20H32ClN3O3S. The molecule has 8 heteroatoms. The van der Waals surface area contributed by atoms with Crippen LogP contribution in [0.5, 0.6) is 0 Å². The first kappa shape index (κ1) is 23.1. The minimum Gasteiger partial charge on any atom is -0.333 e. The second-order valence-electron chi connectivity index (χ2n) is 7.43. The largest absolute Gasteiger partial charge is 0.333 e. The molecule has 1 amide bonds. The first-order valence-electron chi connectivity index (χ1n) is 10.1. The number of nitrogens with one attached hydrogen (secondary N) is 1. The molecular weight excluding hydrogens is 398 g/mol. The second-order valence-corrected chi connectivity index (χ2v) is 9.52.